The van der Waals surface area contributed by atoms with Gasteiger partial charge in [-0.25, -0.2) is 0 Å². The average Bonchev–Trinajstić information content (AvgIpc) is 4.28. The van der Waals surface area contributed by atoms with Gasteiger partial charge in [0, 0.05) is 71.9 Å². The smallest absolute Gasteiger partial charge is 0.159 e. The summed E-state index contributed by atoms with van der Waals surface area (Å²) in [4.78, 5) is 7.03. The lowest BCUT2D eigenvalue weighted by Crippen LogP contribution is -2.16. The predicted octanol–water partition coefficient (Wildman–Crippen LogP) is 21.1. The van der Waals surface area contributed by atoms with Gasteiger partial charge in [0.1, 0.15) is 27.9 Å². The van der Waals surface area contributed by atoms with E-state index >= 15 is 0 Å². The third-order valence-electron chi connectivity index (χ3n) is 15.0. The number of para-hydroxylation sites is 9. The van der Waals surface area contributed by atoms with Gasteiger partial charge in [0.05, 0.1) is 22.7 Å². The molecule has 0 saturated carbocycles. The van der Waals surface area contributed by atoms with Gasteiger partial charge in [0.2, 0.25) is 0 Å². The first-order valence-corrected chi connectivity index (χ1v) is 26.3. The lowest BCUT2D eigenvalue weighted by Gasteiger charge is -2.33. The van der Waals surface area contributed by atoms with Gasteiger partial charge in [-0.1, -0.05) is 182 Å². The van der Waals surface area contributed by atoms with Crippen molar-refractivity contribution in [2.24, 2.45) is 0 Å². The van der Waals surface area contributed by atoms with Crippen molar-refractivity contribution in [2.45, 2.75) is 0 Å². The van der Waals surface area contributed by atoms with Crippen LogP contribution in [0, 0.1) is 0 Å². The Hall–Kier alpha value is -10.6. The molecule has 15 aromatic rings. The maximum Gasteiger partial charge on any atom is 0.159 e. The van der Waals surface area contributed by atoms with Crippen LogP contribution in [0.1, 0.15) is 0 Å². The highest BCUT2D eigenvalue weighted by Crippen LogP contribution is 2.49. The highest BCUT2D eigenvalue weighted by Gasteiger charge is 2.25. The van der Waals surface area contributed by atoms with E-state index in [1.54, 1.807) is 0 Å². The summed E-state index contributed by atoms with van der Waals surface area (Å²) in [6, 6.07) is 101. The van der Waals surface area contributed by atoms with Gasteiger partial charge in [0.25, 0.3) is 0 Å². The molecule has 0 N–H and O–H groups in total. The SMILES string of the molecule is c1ccc(N(c2ccc(-c3cccc4c3oc3ccccc34)cc2)c2cc(N(c3ccccc3)c3ccc(-c4cccc5c4oc4ccccc45)cc3)cc(N(c3ccccc3)c3cccc4c3oc3ccccc34)c2)cc1. The van der Waals surface area contributed by atoms with Gasteiger partial charge in [-0.15, -0.1) is 0 Å². The summed E-state index contributed by atoms with van der Waals surface area (Å²) in [5.41, 5.74) is 18.1. The molecule has 6 heteroatoms. The maximum atomic E-state index is 6.85. The van der Waals surface area contributed by atoms with Crippen molar-refractivity contribution in [3.8, 4) is 22.3 Å². The highest BCUT2D eigenvalue weighted by atomic mass is 16.3. The van der Waals surface area contributed by atoms with E-state index in [0.717, 1.165) is 139 Å². The zero-order chi connectivity index (χ0) is 51.5. The van der Waals surface area contributed by atoms with Crippen molar-refractivity contribution < 1.29 is 13.3 Å². The van der Waals surface area contributed by atoms with Gasteiger partial charge >= 0.3 is 0 Å². The van der Waals surface area contributed by atoms with E-state index < -0.39 is 0 Å². The molecule has 0 aliphatic carbocycles. The number of anilines is 9. The van der Waals surface area contributed by atoms with Crippen LogP contribution in [-0.2, 0) is 0 Å². The van der Waals surface area contributed by atoms with Crippen LogP contribution >= 0.6 is 0 Å². The topological polar surface area (TPSA) is 49.1 Å². The van der Waals surface area contributed by atoms with Crippen LogP contribution in [0.5, 0.6) is 0 Å². The molecule has 0 unspecified atom stereocenters. The Kier molecular flexibility index (Phi) is 10.7. The molecule has 15 rings (SSSR count). The van der Waals surface area contributed by atoms with Crippen LogP contribution in [0.25, 0.3) is 88.1 Å². The first kappa shape index (κ1) is 44.9. The summed E-state index contributed by atoms with van der Waals surface area (Å²) in [6.07, 6.45) is 0. The molecule has 12 aromatic carbocycles. The minimum absolute atomic E-state index is 0.805. The summed E-state index contributed by atoms with van der Waals surface area (Å²) in [5.74, 6) is 0. The van der Waals surface area contributed by atoms with E-state index in [9.17, 15) is 0 Å². The fraction of sp³-hybridized carbons (Fsp3) is 0. The minimum atomic E-state index is 0.805. The lowest BCUT2D eigenvalue weighted by molar-refractivity contribution is 0.669. The Labute approximate surface area is 450 Å². The fourth-order valence-electron chi connectivity index (χ4n) is 11.5. The van der Waals surface area contributed by atoms with Crippen molar-refractivity contribution in [2.75, 3.05) is 14.7 Å². The standard InChI is InChI=1S/C72H47N3O3/c1-4-19-50(20-5-1)73(53-41-37-48(38-42-53)58-28-16-30-63-60-25-10-13-34-67(60)76-70(58)63)55-45-56(47-57(46-55)75(52-23-8-3-9-24-52)66-33-18-32-65-62-27-12-15-36-69(62)78-72(65)66)74(51-21-6-2-7-22-51)54-43-39-49(40-44-54)59-29-17-31-64-61-26-11-14-35-68(61)77-71(59)64/h1-47H. The molecule has 0 amide bonds. The Morgan fingerprint density at radius 3 is 0.936 bits per heavy atom. The third kappa shape index (κ3) is 7.65. The molecule has 6 nitrogen and oxygen atoms in total. The molecular formula is C72H47N3O3. The monoisotopic (exact) mass is 1000 g/mol. The van der Waals surface area contributed by atoms with Gasteiger partial charge < -0.3 is 28.0 Å². The molecule has 0 saturated heterocycles. The summed E-state index contributed by atoms with van der Waals surface area (Å²) >= 11 is 0. The van der Waals surface area contributed by atoms with Crippen molar-refractivity contribution in [3.63, 3.8) is 0 Å². The van der Waals surface area contributed by atoms with Crippen molar-refractivity contribution >= 4 is 117 Å². The number of nitrogens with zero attached hydrogens (tertiary/aromatic N) is 3. The van der Waals surface area contributed by atoms with E-state index in [2.05, 4.69) is 263 Å². The average molecular weight is 1000 g/mol. The maximum absolute atomic E-state index is 6.85. The molecule has 0 spiro atoms. The zero-order valence-corrected chi connectivity index (χ0v) is 42.2. The molecular weight excluding hydrogens is 955 g/mol. The second-order valence-electron chi connectivity index (χ2n) is 19.6. The van der Waals surface area contributed by atoms with Crippen LogP contribution in [0.3, 0.4) is 0 Å². The highest BCUT2D eigenvalue weighted by molar-refractivity contribution is 6.12. The molecule has 0 aliphatic rings. The number of hydrogen-bond acceptors (Lipinski definition) is 6. The first-order valence-electron chi connectivity index (χ1n) is 26.3. The Morgan fingerprint density at radius 2 is 0.513 bits per heavy atom. The molecule has 3 aromatic heterocycles. The summed E-state index contributed by atoms with van der Waals surface area (Å²) < 4.78 is 19.9. The molecule has 0 fully saturated rings. The second-order valence-corrected chi connectivity index (χ2v) is 19.6. The van der Waals surface area contributed by atoms with E-state index in [4.69, 9.17) is 13.3 Å². The van der Waals surface area contributed by atoms with Crippen LogP contribution < -0.4 is 14.7 Å². The van der Waals surface area contributed by atoms with Crippen LogP contribution in [0.15, 0.2) is 298 Å². The van der Waals surface area contributed by atoms with Gasteiger partial charge in [0.15, 0.2) is 5.58 Å². The third-order valence-corrected chi connectivity index (χ3v) is 15.0. The molecule has 0 aliphatic heterocycles. The molecule has 3 heterocycles. The number of benzene rings is 12. The fourth-order valence-corrected chi connectivity index (χ4v) is 11.5. The van der Waals surface area contributed by atoms with E-state index in [1.165, 1.54) is 0 Å². The number of furan rings is 3. The molecule has 368 valence electrons. The van der Waals surface area contributed by atoms with Crippen LogP contribution in [0.4, 0.5) is 51.2 Å². The van der Waals surface area contributed by atoms with Crippen molar-refractivity contribution in [3.05, 3.63) is 285 Å². The summed E-state index contributed by atoms with van der Waals surface area (Å²) in [5, 5.41) is 6.55. The lowest BCUT2D eigenvalue weighted by atomic mass is 10.0. The predicted molar refractivity (Wildman–Crippen MR) is 323 cm³/mol. The van der Waals surface area contributed by atoms with Crippen LogP contribution in [-0.4, -0.2) is 0 Å². The van der Waals surface area contributed by atoms with Gasteiger partial charge in [-0.3, -0.25) is 0 Å². The molecule has 0 atom stereocenters. The van der Waals surface area contributed by atoms with E-state index in [-0.39, 0.29) is 0 Å². The van der Waals surface area contributed by atoms with E-state index in [1.807, 2.05) is 36.4 Å². The molecule has 0 radical (unpaired) electrons. The number of fused-ring (bicyclic) bond motifs is 9. The largest absolute Gasteiger partial charge is 0.455 e. The Morgan fingerprint density at radius 1 is 0.205 bits per heavy atom. The second kappa shape index (κ2) is 18.7. The van der Waals surface area contributed by atoms with Crippen molar-refractivity contribution in [1.82, 2.24) is 0 Å². The van der Waals surface area contributed by atoms with Crippen molar-refractivity contribution in [1.29, 1.82) is 0 Å². The summed E-state index contributed by atoms with van der Waals surface area (Å²) in [6.45, 7) is 0. The van der Waals surface area contributed by atoms with Gasteiger partial charge in [-0.2, -0.15) is 0 Å². The Balaban J connectivity index is 0.944. The molecule has 0 bridgehead atoms. The van der Waals surface area contributed by atoms with E-state index in [0.29, 0.717) is 0 Å². The van der Waals surface area contributed by atoms with Crippen LogP contribution in [0.2, 0.25) is 0 Å². The zero-order valence-electron chi connectivity index (χ0n) is 42.2. The number of rotatable bonds is 11. The normalized spacial score (nSPS) is 11.6. The quantitative estimate of drug-likeness (QED) is 0.129. The van der Waals surface area contributed by atoms with Gasteiger partial charge in [-0.05, 0) is 114 Å². The Bertz CT molecular complexity index is 4460. The first-order chi connectivity index (χ1) is 38.7. The molecule has 78 heavy (non-hydrogen) atoms. The minimum Gasteiger partial charge on any atom is -0.455 e. The summed E-state index contributed by atoms with van der Waals surface area (Å²) in [7, 11) is 0. The number of hydrogen-bond donors (Lipinski definition) is 0.